The van der Waals surface area contributed by atoms with E-state index in [4.69, 9.17) is 0 Å². The monoisotopic (exact) mass is 416 g/mol. The van der Waals surface area contributed by atoms with E-state index in [2.05, 4.69) is 20.2 Å². The molecule has 0 radical (unpaired) electrons. The first kappa shape index (κ1) is 26.9. The van der Waals surface area contributed by atoms with Crippen molar-refractivity contribution >= 4 is 0 Å². The fraction of sp³-hybridized carbons (Fsp3) is 0.619. The maximum absolute atomic E-state index is 13.0. The number of alkyl halides is 4. The third-order valence-corrected chi connectivity index (χ3v) is 3.82. The molecule has 0 aliphatic carbocycles. The third-order valence-electron chi connectivity index (χ3n) is 3.82. The maximum Gasteiger partial charge on any atom is 0.287 e. The standard InChI is InChI=1S/2C10H14F2N2.CH4/c1-9(2,3)7-5-8(10(4,11)12)14-6-13-7;1-9(2,3)8-5-7(6-13-14-8)10(4,11)12;/h2*5-6H,1-4H3;1H4. The van der Waals surface area contributed by atoms with Crippen LogP contribution < -0.4 is 0 Å². The van der Waals surface area contributed by atoms with Crippen LogP contribution in [0.15, 0.2) is 24.7 Å². The number of halogens is 4. The van der Waals surface area contributed by atoms with Crippen LogP contribution in [0.3, 0.4) is 0 Å². The zero-order chi connectivity index (χ0) is 22.0. The minimum Gasteiger partial charge on any atom is -0.241 e. The fourth-order valence-corrected chi connectivity index (χ4v) is 1.98. The van der Waals surface area contributed by atoms with E-state index in [1.165, 1.54) is 18.5 Å². The van der Waals surface area contributed by atoms with Crippen molar-refractivity contribution in [1.82, 2.24) is 20.2 Å². The van der Waals surface area contributed by atoms with Crippen LogP contribution in [0, 0.1) is 0 Å². The quantitative estimate of drug-likeness (QED) is 0.531. The highest BCUT2D eigenvalue weighted by atomic mass is 19.3. The lowest BCUT2D eigenvalue weighted by Crippen LogP contribution is -2.17. The molecule has 8 heteroatoms. The van der Waals surface area contributed by atoms with Crippen LogP contribution in [0.4, 0.5) is 17.6 Å². The largest absolute Gasteiger partial charge is 0.287 e. The Morgan fingerprint density at radius 2 is 1.14 bits per heavy atom. The summed E-state index contributed by atoms with van der Waals surface area (Å²) in [5.41, 5.74) is 0.410. The topological polar surface area (TPSA) is 51.6 Å². The SMILES string of the molecule is C.CC(C)(C)c1cc(C(C)(F)F)cnn1.CC(C)(C)c1cc(C(C)(F)F)ncn1. The summed E-state index contributed by atoms with van der Waals surface area (Å²) in [5.74, 6) is -5.75. The minimum atomic E-state index is -2.90. The first-order chi connectivity index (χ1) is 12.4. The van der Waals surface area contributed by atoms with E-state index >= 15 is 0 Å². The summed E-state index contributed by atoms with van der Waals surface area (Å²) in [6.45, 7) is 13.2. The summed E-state index contributed by atoms with van der Waals surface area (Å²) >= 11 is 0. The van der Waals surface area contributed by atoms with E-state index in [1.54, 1.807) is 0 Å². The second-order valence-corrected chi connectivity index (χ2v) is 8.89. The van der Waals surface area contributed by atoms with Crippen LogP contribution in [0.5, 0.6) is 0 Å². The minimum absolute atomic E-state index is 0. The van der Waals surface area contributed by atoms with Crippen molar-refractivity contribution in [3.05, 3.63) is 47.3 Å². The Hall–Kier alpha value is -2.12. The van der Waals surface area contributed by atoms with E-state index in [9.17, 15) is 17.6 Å². The molecular formula is C21H32F4N4. The normalized spacial score (nSPS) is 12.6. The molecule has 0 atom stereocenters. The lowest BCUT2D eigenvalue weighted by Gasteiger charge is -2.19. The highest BCUT2D eigenvalue weighted by molar-refractivity contribution is 5.21. The van der Waals surface area contributed by atoms with E-state index in [1.807, 2.05) is 41.5 Å². The molecule has 29 heavy (non-hydrogen) atoms. The second-order valence-electron chi connectivity index (χ2n) is 8.89. The molecule has 2 rings (SSSR count). The van der Waals surface area contributed by atoms with E-state index < -0.39 is 11.8 Å². The number of aromatic nitrogens is 4. The highest BCUT2D eigenvalue weighted by Crippen LogP contribution is 2.29. The van der Waals surface area contributed by atoms with Gasteiger partial charge in [-0.1, -0.05) is 49.0 Å². The van der Waals surface area contributed by atoms with Gasteiger partial charge in [-0.15, -0.1) is 0 Å². The lowest BCUT2D eigenvalue weighted by atomic mass is 9.91. The van der Waals surface area contributed by atoms with E-state index in [0.717, 1.165) is 20.0 Å². The van der Waals surface area contributed by atoms with Gasteiger partial charge in [-0.05, 0) is 12.1 Å². The first-order valence-corrected chi connectivity index (χ1v) is 8.84. The maximum atomic E-state index is 13.0. The smallest absolute Gasteiger partial charge is 0.241 e. The Labute approximate surface area is 171 Å². The van der Waals surface area contributed by atoms with Crippen LogP contribution in [0.1, 0.15) is 85.5 Å². The molecule has 0 N–H and O–H groups in total. The molecule has 164 valence electrons. The van der Waals surface area contributed by atoms with Crippen LogP contribution in [0.2, 0.25) is 0 Å². The van der Waals surface area contributed by atoms with Crippen LogP contribution in [-0.2, 0) is 22.7 Å². The second kappa shape index (κ2) is 9.13. The van der Waals surface area contributed by atoms with Gasteiger partial charge in [-0.2, -0.15) is 19.0 Å². The zero-order valence-electron chi connectivity index (χ0n) is 17.6. The summed E-state index contributed by atoms with van der Waals surface area (Å²) < 4.78 is 51.8. The van der Waals surface area contributed by atoms with Gasteiger partial charge in [0.2, 0.25) is 0 Å². The Kier molecular flexibility index (Phi) is 8.47. The molecule has 0 fully saturated rings. The van der Waals surface area contributed by atoms with Crippen molar-refractivity contribution in [1.29, 1.82) is 0 Å². The molecule has 0 saturated carbocycles. The Morgan fingerprint density at radius 1 is 0.655 bits per heavy atom. The molecule has 0 aliphatic rings. The van der Waals surface area contributed by atoms with Gasteiger partial charge in [0, 0.05) is 35.9 Å². The van der Waals surface area contributed by atoms with Gasteiger partial charge in [0.1, 0.15) is 12.0 Å². The molecular weight excluding hydrogens is 384 g/mol. The Morgan fingerprint density at radius 3 is 1.55 bits per heavy atom. The van der Waals surface area contributed by atoms with Gasteiger partial charge < -0.3 is 0 Å². The van der Waals surface area contributed by atoms with Crippen LogP contribution in [-0.4, -0.2) is 20.2 Å². The average Bonchev–Trinajstić information content (AvgIpc) is 2.52. The van der Waals surface area contributed by atoms with Crippen LogP contribution >= 0.6 is 0 Å². The zero-order valence-corrected chi connectivity index (χ0v) is 17.6. The molecule has 4 nitrogen and oxygen atoms in total. The van der Waals surface area contributed by atoms with Gasteiger partial charge >= 0.3 is 0 Å². The van der Waals surface area contributed by atoms with Crippen molar-refractivity contribution < 1.29 is 17.6 Å². The van der Waals surface area contributed by atoms with Crippen molar-refractivity contribution in [2.75, 3.05) is 0 Å². The summed E-state index contributed by atoms with van der Waals surface area (Å²) in [6.07, 6.45) is 2.29. The van der Waals surface area contributed by atoms with E-state index in [0.29, 0.717) is 11.4 Å². The lowest BCUT2D eigenvalue weighted by molar-refractivity contribution is 0.0123. The van der Waals surface area contributed by atoms with E-state index in [-0.39, 0.29) is 29.5 Å². The number of hydrogen-bond acceptors (Lipinski definition) is 4. The third kappa shape index (κ3) is 8.41. The van der Waals surface area contributed by atoms with Gasteiger partial charge in [0.25, 0.3) is 11.8 Å². The van der Waals surface area contributed by atoms with Crippen molar-refractivity contribution in [3.8, 4) is 0 Å². The highest BCUT2D eigenvalue weighted by Gasteiger charge is 2.28. The molecule has 2 heterocycles. The Bertz CT molecular complexity index is 657. The van der Waals surface area contributed by atoms with Gasteiger partial charge in [-0.25, -0.2) is 18.7 Å². The summed E-state index contributed by atoms with van der Waals surface area (Å²) in [7, 11) is 0. The van der Waals surface area contributed by atoms with Crippen molar-refractivity contribution in [3.63, 3.8) is 0 Å². The average molecular weight is 417 g/mol. The number of rotatable bonds is 2. The predicted octanol–water partition coefficient (Wildman–Crippen LogP) is 6.41. The fourth-order valence-electron chi connectivity index (χ4n) is 1.98. The van der Waals surface area contributed by atoms with Gasteiger partial charge in [0.05, 0.1) is 11.9 Å². The Balaban J connectivity index is 0.000000523. The summed E-state index contributed by atoms with van der Waals surface area (Å²) in [4.78, 5) is 7.54. The molecule has 0 aliphatic heterocycles. The van der Waals surface area contributed by atoms with Crippen LogP contribution in [0.25, 0.3) is 0 Å². The summed E-state index contributed by atoms with van der Waals surface area (Å²) in [6, 6.07) is 2.77. The molecule has 0 spiro atoms. The number of nitrogens with zero attached hydrogens (tertiary/aromatic N) is 4. The number of hydrogen-bond donors (Lipinski definition) is 0. The van der Waals surface area contributed by atoms with Gasteiger partial charge in [-0.3, -0.25) is 0 Å². The molecule has 0 unspecified atom stereocenters. The molecule has 2 aromatic rings. The van der Waals surface area contributed by atoms with Gasteiger partial charge in [0.15, 0.2) is 0 Å². The van der Waals surface area contributed by atoms with Crippen molar-refractivity contribution in [2.24, 2.45) is 0 Å². The summed E-state index contributed by atoms with van der Waals surface area (Å²) in [5, 5.41) is 7.43. The molecule has 0 amide bonds. The molecule has 2 aromatic heterocycles. The predicted molar refractivity (Wildman–Crippen MR) is 107 cm³/mol. The van der Waals surface area contributed by atoms with Crippen molar-refractivity contribution in [2.45, 2.75) is 85.5 Å². The first-order valence-electron chi connectivity index (χ1n) is 8.84. The molecule has 0 bridgehead atoms. The molecule has 0 aromatic carbocycles. The molecule has 0 saturated heterocycles.